The number of carbonyl (C=O) groups is 2. The molecule has 2 amide bonds. The van der Waals surface area contributed by atoms with Gasteiger partial charge in [0.05, 0.1) is 0 Å². The number of alkyl carbamates (subject to hydrolysis) is 1. The van der Waals surface area contributed by atoms with Gasteiger partial charge < -0.3 is 20.1 Å². The van der Waals surface area contributed by atoms with Crippen molar-refractivity contribution in [3.05, 3.63) is 42.5 Å². The molecular weight excluding hydrogens is 308 g/mol. The van der Waals surface area contributed by atoms with E-state index in [0.29, 0.717) is 18.2 Å². The number of rotatable bonds is 9. The van der Waals surface area contributed by atoms with Crippen LogP contribution in [-0.2, 0) is 9.53 Å². The Bertz CT molecular complexity index is 558. The van der Waals surface area contributed by atoms with Gasteiger partial charge in [0.25, 0.3) is 5.91 Å². The molecule has 0 bridgehead atoms. The molecule has 6 heteroatoms. The molecule has 0 saturated heterocycles. The number of ether oxygens (including phenoxy) is 2. The Morgan fingerprint density at radius 3 is 2.50 bits per heavy atom. The Kier molecular flexibility index (Phi) is 8.39. The molecule has 0 radical (unpaired) electrons. The van der Waals surface area contributed by atoms with Gasteiger partial charge in [0, 0.05) is 13.1 Å². The van der Waals surface area contributed by atoms with Crippen molar-refractivity contribution in [1.29, 1.82) is 0 Å². The van der Waals surface area contributed by atoms with E-state index in [2.05, 4.69) is 31.1 Å². The van der Waals surface area contributed by atoms with E-state index in [9.17, 15) is 9.59 Å². The second kappa shape index (κ2) is 10.3. The summed E-state index contributed by atoms with van der Waals surface area (Å²) < 4.78 is 10.5. The Labute approximate surface area is 143 Å². The second-order valence-electron chi connectivity index (χ2n) is 5.56. The molecule has 132 valence electrons. The van der Waals surface area contributed by atoms with E-state index in [1.54, 1.807) is 6.92 Å². The highest BCUT2D eigenvalue weighted by Crippen LogP contribution is 2.26. The fourth-order valence-corrected chi connectivity index (χ4v) is 1.99. The predicted molar refractivity (Wildman–Crippen MR) is 93.2 cm³/mol. The summed E-state index contributed by atoms with van der Waals surface area (Å²) >= 11 is 0. The van der Waals surface area contributed by atoms with Gasteiger partial charge >= 0.3 is 6.09 Å². The molecule has 24 heavy (non-hydrogen) atoms. The zero-order chi connectivity index (χ0) is 17.9. The van der Waals surface area contributed by atoms with Gasteiger partial charge in [-0.25, -0.2) is 4.79 Å². The van der Waals surface area contributed by atoms with Gasteiger partial charge in [-0.2, -0.15) is 0 Å². The first-order chi connectivity index (χ1) is 11.5. The summed E-state index contributed by atoms with van der Waals surface area (Å²) in [5, 5.41) is 5.23. The lowest BCUT2D eigenvalue weighted by Crippen LogP contribution is -2.40. The van der Waals surface area contributed by atoms with E-state index in [0.717, 1.165) is 5.56 Å². The van der Waals surface area contributed by atoms with E-state index in [4.69, 9.17) is 9.47 Å². The van der Waals surface area contributed by atoms with Gasteiger partial charge in [0.2, 0.25) is 0 Å². The average molecular weight is 334 g/mol. The first-order valence-electron chi connectivity index (χ1n) is 8.00. The maximum Gasteiger partial charge on any atom is 0.407 e. The number of amides is 2. The van der Waals surface area contributed by atoms with E-state index in [1.807, 2.05) is 24.3 Å². The molecule has 1 aromatic carbocycles. The Balaban J connectivity index is 2.38. The average Bonchev–Trinajstić information content (AvgIpc) is 2.56. The van der Waals surface area contributed by atoms with Gasteiger partial charge in [-0.1, -0.05) is 44.7 Å². The molecule has 1 atom stereocenters. The normalized spacial score (nSPS) is 11.5. The maximum absolute atomic E-state index is 12.1. The number of carbonyl (C=O) groups excluding carboxylic acids is 2. The Morgan fingerprint density at radius 2 is 1.83 bits per heavy atom. The molecule has 0 aliphatic carbocycles. The fourth-order valence-electron chi connectivity index (χ4n) is 1.99. The van der Waals surface area contributed by atoms with E-state index < -0.39 is 12.2 Å². The van der Waals surface area contributed by atoms with Crippen LogP contribution >= 0.6 is 0 Å². The van der Waals surface area contributed by atoms with Crippen molar-refractivity contribution in [3.63, 3.8) is 0 Å². The molecule has 2 N–H and O–H groups in total. The first kappa shape index (κ1) is 19.5. The second-order valence-corrected chi connectivity index (χ2v) is 5.56. The molecule has 0 fully saturated rings. The lowest BCUT2D eigenvalue weighted by Gasteiger charge is -2.18. The van der Waals surface area contributed by atoms with Crippen molar-refractivity contribution in [1.82, 2.24) is 10.6 Å². The summed E-state index contributed by atoms with van der Waals surface area (Å²) in [6, 6.07) is 7.67. The predicted octanol–water partition coefficient (Wildman–Crippen LogP) is 2.61. The largest absolute Gasteiger partial charge is 0.481 e. The minimum absolute atomic E-state index is 0.151. The van der Waals surface area contributed by atoms with Crippen LogP contribution in [0.1, 0.15) is 32.3 Å². The molecule has 0 aliphatic heterocycles. The molecule has 1 aromatic rings. The number of hydrogen-bond donors (Lipinski definition) is 2. The molecule has 0 aromatic heterocycles. The zero-order valence-corrected chi connectivity index (χ0v) is 14.5. The zero-order valence-electron chi connectivity index (χ0n) is 14.5. The molecular formula is C18H26N2O4. The Hall–Kier alpha value is -2.50. The van der Waals surface area contributed by atoms with Crippen LogP contribution in [0.3, 0.4) is 0 Å². The smallest absolute Gasteiger partial charge is 0.407 e. The fraction of sp³-hybridized carbons (Fsp3) is 0.444. The van der Waals surface area contributed by atoms with Crippen LogP contribution in [0.4, 0.5) is 4.79 Å². The highest BCUT2D eigenvalue weighted by atomic mass is 16.5. The maximum atomic E-state index is 12.1. The van der Waals surface area contributed by atoms with E-state index in [-0.39, 0.29) is 19.1 Å². The lowest BCUT2D eigenvalue weighted by atomic mass is 10.0. The summed E-state index contributed by atoms with van der Waals surface area (Å²) in [7, 11) is 0. The lowest BCUT2D eigenvalue weighted by molar-refractivity contribution is -0.127. The van der Waals surface area contributed by atoms with Gasteiger partial charge in [0.15, 0.2) is 6.10 Å². The number of hydrogen-bond acceptors (Lipinski definition) is 4. The van der Waals surface area contributed by atoms with Crippen molar-refractivity contribution < 1.29 is 19.1 Å². The van der Waals surface area contributed by atoms with E-state index in [1.165, 1.54) is 6.08 Å². The topological polar surface area (TPSA) is 76.7 Å². The van der Waals surface area contributed by atoms with Gasteiger partial charge in [-0.3, -0.25) is 4.79 Å². The van der Waals surface area contributed by atoms with Gasteiger partial charge in [-0.05, 0) is 24.5 Å². The minimum atomic E-state index is -0.627. The quantitative estimate of drug-likeness (QED) is 0.537. The third-order valence-electron chi connectivity index (χ3n) is 3.24. The van der Waals surface area contributed by atoms with Gasteiger partial charge in [0.1, 0.15) is 12.4 Å². The molecule has 0 spiro atoms. The number of nitrogens with one attached hydrogen (secondary N) is 2. The summed E-state index contributed by atoms with van der Waals surface area (Å²) in [6.45, 7) is 10.0. The molecule has 0 saturated carbocycles. The van der Waals surface area contributed by atoms with Crippen molar-refractivity contribution in [2.24, 2.45) is 0 Å². The minimum Gasteiger partial charge on any atom is -0.481 e. The summed E-state index contributed by atoms with van der Waals surface area (Å²) in [5.41, 5.74) is 1.06. The van der Waals surface area contributed by atoms with Crippen LogP contribution in [0.2, 0.25) is 0 Å². The monoisotopic (exact) mass is 334 g/mol. The molecule has 0 heterocycles. The molecule has 1 rings (SSSR count). The van der Waals surface area contributed by atoms with Crippen molar-refractivity contribution in [2.45, 2.75) is 32.8 Å². The Morgan fingerprint density at radius 1 is 1.17 bits per heavy atom. The van der Waals surface area contributed by atoms with E-state index >= 15 is 0 Å². The number of para-hydroxylation sites is 1. The number of benzene rings is 1. The molecule has 1 unspecified atom stereocenters. The van der Waals surface area contributed by atoms with Crippen molar-refractivity contribution in [3.8, 4) is 5.75 Å². The summed E-state index contributed by atoms with van der Waals surface area (Å²) in [4.78, 5) is 23.3. The summed E-state index contributed by atoms with van der Waals surface area (Å²) in [6.07, 6.45) is 0.312. The molecule has 0 aliphatic rings. The van der Waals surface area contributed by atoms with Crippen LogP contribution in [0.15, 0.2) is 36.9 Å². The summed E-state index contributed by atoms with van der Waals surface area (Å²) in [5.74, 6) is 0.776. The highest BCUT2D eigenvalue weighted by Gasteiger charge is 2.16. The van der Waals surface area contributed by atoms with Crippen LogP contribution in [0.25, 0.3) is 0 Å². The molecule has 6 nitrogen and oxygen atoms in total. The van der Waals surface area contributed by atoms with Gasteiger partial charge in [-0.15, -0.1) is 0 Å². The van der Waals surface area contributed by atoms with Crippen LogP contribution in [0, 0.1) is 0 Å². The SMILES string of the molecule is C=CCOC(=O)NCCNC(=O)C(C)Oc1ccccc1C(C)C. The van der Waals surface area contributed by atoms with Crippen LogP contribution in [0.5, 0.6) is 5.75 Å². The highest BCUT2D eigenvalue weighted by molar-refractivity contribution is 5.80. The van der Waals surface area contributed by atoms with Crippen LogP contribution in [-0.4, -0.2) is 37.8 Å². The standard InChI is InChI=1S/C18H26N2O4/c1-5-12-23-18(22)20-11-10-19-17(21)14(4)24-16-9-7-6-8-15(16)13(2)3/h5-9,13-14H,1,10-12H2,2-4H3,(H,19,21)(H,20,22). The van der Waals surface area contributed by atoms with Crippen molar-refractivity contribution in [2.75, 3.05) is 19.7 Å². The first-order valence-corrected chi connectivity index (χ1v) is 8.00. The van der Waals surface area contributed by atoms with Crippen LogP contribution < -0.4 is 15.4 Å². The van der Waals surface area contributed by atoms with Crippen molar-refractivity contribution >= 4 is 12.0 Å². The third kappa shape index (κ3) is 6.73. The third-order valence-corrected chi connectivity index (χ3v) is 3.24.